The van der Waals surface area contributed by atoms with Gasteiger partial charge in [-0.05, 0) is 30.5 Å². The van der Waals surface area contributed by atoms with Gasteiger partial charge in [-0.15, -0.1) is 12.4 Å². The van der Waals surface area contributed by atoms with Crippen LogP contribution in [0.25, 0.3) is 0 Å². The minimum absolute atomic E-state index is 0. The summed E-state index contributed by atoms with van der Waals surface area (Å²) < 4.78 is 5.27. The van der Waals surface area contributed by atoms with E-state index in [-0.39, 0.29) is 18.3 Å². The van der Waals surface area contributed by atoms with E-state index in [2.05, 4.69) is 21.1 Å². The molecule has 2 aromatic rings. The van der Waals surface area contributed by atoms with Crippen LogP contribution in [0.15, 0.2) is 22.7 Å². The highest BCUT2D eigenvalue weighted by Crippen LogP contribution is 2.31. The van der Waals surface area contributed by atoms with Crippen molar-refractivity contribution in [3.05, 3.63) is 35.5 Å². The van der Waals surface area contributed by atoms with Crippen LogP contribution in [0.2, 0.25) is 0 Å². The minimum Gasteiger partial charge on any atom is -0.398 e. The molecule has 1 aliphatic rings. The summed E-state index contributed by atoms with van der Waals surface area (Å²) in [5.74, 6) is 1.70. The third-order valence-electron chi connectivity index (χ3n) is 3.69. The Labute approximate surface area is 130 Å². The number of benzene rings is 1. The van der Waals surface area contributed by atoms with Crippen LogP contribution in [0.3, 0.4) is 0 Å². The van der Waals surface area contributed by atoms with Crippen molar-refractivity contribution in [1.29, 1.82) is 0 Å². The second-order valence-electron chi connectivity index (χ2n) is 5.57. The first-order chi connectivity index (χ1) is 9.65. The van der Waals surface area contributed by atoms with Crippen molar-refractivity contribution in [1.82, 2.24) is 10.1 Å². The van der Waals surface area contributed by atoms with E-state index in [9.17, 15) is 0 Å². The summed E-state index contributed by atoms with van der Waals surface area (Å²) >= 11 is 0. The Bertz CT molecular complexity index is 611. The molecule has 5 nitrogen and oxygen atoms in total. The predicted molar refractivity (Wildman–Crippen MR) is 85.9 cm³/mol. The van der Waals surface area contributed by atoms with E-state index in [0.717, 1.165) is 30.9 Å². The number of nitrogen functional groups attached to an aromatic ring is 1. The Balaban J connectivity index is 0.00000161. The van der Waals surface area contributed by atoms with Gasteiger partial charge in [-0.3, -0.25) is 0 Å². The second kappa shape index (κ2) is 6.35. The van der Waals surface area contributed by atoms with Crippen LogP contribution >= 0.6 is 12.4 Å². The number of nitrogens with zero attached hydrogens (tertiary/aromatic N) is 3. The molecule has 114 valence electrons. The van der Waals surface area contributed by atoms with Crippen LogP contribution in [0, 0.1) is 0 Å². The van der Waals surface area contributed by atoms with E-state index in [1.54, 1.807) is 0 Å². The van der Waals surface area contributed by atoms with Gasteiger partial charge in [-0.2, -0.15) is 4.98 Å². The summed E-state index contributed by atoms with van der Waals surface area (Å²) in [6.07, 6.45) is 2.15. The molecule has 0 fully saturated rings. The molecule has 1 aromatic carbocycles. The number of hydrogen-bond acceptors (Lipinski definition) is 5. The number of fused-ring (bicyclic) bond motifs is 1. The maximum absolute atomic E-state index is 6.06. The number of nitrogens with two attached hydrogens (primary N) is 1. The smallest absolute Gasteiger partial charge is 0.229 e. The number of hydrogen-bond donors (Lipinski definition) is 1. The summed E-state index contributed by atoms with van der Waals surface area (Å²) in [5.41, 5.74) is 9.39. The normalized spacial score (nSPS) is 14.0. The molecule has 0 bridgehead atoms. The minimum atomic E-state index is 0. The molecule has 1 aliphatic heterocycles. The van der Waals surface area contributed by atoms with E-state index in [4.69, 9.17) is 10.3 Å². The Morgan fingerprint density at radius 2 is 2.19 bits per heavy atom. The Kier molecular flexibility index (Phi) is 4.73. The summed E-state index contributed by atoms with van der Waals surface area (Å²) in [4.78, 5) is 6.73. The second-order valence-corrected chi connectivity index (χ2v) is 5.57. The Hall–Kier alpha value is -1.75. The zero-order valence-corrected chi connectivity index (χ0v) is 13.2. The summed E-state index contributed by atoms with van der Waals surface area (Å²) in [6, 6.07) is 6.09. The lowest BCUT2D eigenvalue weighted by atomic mass is 10.00. The third-order valence-corrected chi connectivity index (χ3v) is 3.69. The molecular weight excluding hydrogens is 288 g/mol. The molecule has 0 amide bonds. The average Bonchev–Trinajstić information content (AvgIpc) is 2.89. The van der Waals surface area contributed by atoms with E-state index >= 15 is 0 Å². The van der Waals surface area contributed by atoms with Crippen molar-refractivity contribution in [2.24, 2.45) is 0 Å². The molecule has 0 unspecified atom stereocenters. The number of rotatable bonds is 3. The van der Waals surface area contributed by atoms with E-state index < -0.39 is 0 Å². The first-order valence-electron chi connectivity index (χ1n) is 7.10. The van der Waals surface area contributed by atoms with Gasteiger partial charge in [-0.25, -0.2) is 0 Å². The largest absolute Gasteiger partial charge is 0.398 e. The molecular formula is C15H21ClN4O. The molecule has 2 heterocycles. The summed E-state index contributed by atoms with van der Waals surface area (Å²) in [6.45, 7) is 5.77. The number of aromatic nitrogens is 2. The SMILES string of the molecule is CC(C)c1nc(CN2CCCc3c(N)cccc32)no1.Cl. The highest BCUT2D eigenvalue weighted by Gasteiger charge is 2.20. The molecule has 0 atom stereocenters. The molecule has 6 heteroatoms. The van der Waals surface area contributed by atoms with Crippen LogP contribution in [-0.2, 0) is 13.0 Å². The zero-order chi connectivity index (χ0) is 14.1. The molecule has 0 spiro atoms. The van der Waals surface area contributed by atoms with Crippen molar-refractivity contribution >= 4 is 23.8 Å². The number of halogens is 1. The highest BCUT2D eigenvalue weighted by atomic mass is 35.5. The van der Waals surface area contributed by atoms with Crippen LogP contribution in [0.1, 0.15) is 43.5 Å². The summed E-state index contributed by atoms with van der Waals surface area (Å²) in [5, 5.41) is 4.07. The van der Waals surface area contributed by atoms with Gasteiger partial charge in [0, 0.05) is 23.8 Å². The van der Waals surface area contributed by atoms with Crippen LogP contribution in [0.5, 0.6) is 0 Å². The van der Waals surface area contributed by atoms with Gasteiger partial charge >= 0.3 is 0 Å². The van der Waals surface area contributed by atoms with Gasteiger partial charge in [-0.1, -0.05) is 25.1 Å². The molecule has 21 heavy (non-hydrogen) atoms. The Morgan fingerprint density at radius 1 is 1.38 bits per heavy atom. The van der Waals surface area contributed by atoms with Crippen molar-refractivity contribution in [2.45, 2.75) is 39.2 Å². The van der Waals surface area contributed by atoms with Crippen LogP contribution in [-0.4, -0.2) is 16.7 Å². The summed E-state index contributed by atoms with van der Waals surface area (Å²) in [7, 11) is 0. The topological polar surface area (TPSA) is 68.2 Å². The molecule has 0 radical (unpaired) electrons. The van der Waals surface area contributed by atoms with Crippen LogP contribution < -0.4 is 10.6 Å². The first kappa shape index (κ1) is 15.6. The number of anilines is 2. The van der Waals surface area contributed by atoms with Gasteiger partial charge in [0.25, 0.3) is 0 Å². The van der Waals surface area contributed by atoms with Crippen molar-refractivity contribution in [3.8, 4) is 0 Å². The third kappa shape index (κ3) is 3.13. The quantitative estimate of drug-likeness (QED) is 0.882. The highest BCUT2D eigenvalue weighted by molar-refractivity contribution is 5.85. The maximum Gasteiger partial charge on any atom is 0.229 e. The standard InChI is InChI=1S/C15H20N4O.ClH/c1-10(2)15-17-14(18-20-15)9-19-8-4-5-11-12(16)6-3-7-13(11)19;/h3,6-7,10H,4-5,8-9,16H2,1-2H3;1H. The fourth-order valence-electron chi connectivity index (χ4n) is 2.63. The van der Waals surface area contributed by atoms with Crippen molar-refractivity contribution in [3.63, 3.8) is 0 Å². The fourth-order valence-corrected chi connectivity index (χ4v) is 2.63. The molecule has 0 saturated heterocycles. The van der Waals surface area contributed by atoms with Gasteiger partial charge < -0.3 is 15.2 Å². The lowest BCUT2D eigenvalue weighted by Crippen LogP contribution is -2.29. The molecule has 3 rings (SSSR count). The van der Waals surface area contributed by atoms with E-state index in [0.29, 0.717) is 12.4 Å². The fraction of sp³-hybridized carbons (Fsp3) is 0.467. The molecule has 2 N–H and O–H groups in total. The van der Waals surface area contributed by atoms with Gasteiger partial charge in [0.2, 0.25) is 5.89 Å². The van der Waals surface area contributed by atoms with E-state index in [1.165, 1.54) is 11.3 Å². The van der Waals surface area contributed by atoms with Gasteiger partial charge in [0.05, 0.1) is 6.54 Å². The zero-order valence-electron chi connectivity index (χ0n) is 12.4. The lowest BCUT2D eigenvalue weighted by molar-refractivity contribution is 0.360. The maximum atomic E-state index is 6.06. The Morgan fingerprint density at radius 3 is 2.90 bits per heavy atom. The first-order valence-corrected chi connectivity index (χ1v) is 7.10. The molecule has 0 aliphatic carbocycles. The monoisotopic (exact) mass is 308 g/mol. The van der Waals surface area contributed by atoms with Crippen molar-refractivity contribution in [2.75, 3.05) is 17.2 Å². The van der Waals surface area contributed by atoms with Crippen LogP contribution in [0.4, 0.5) is 11.4 Å². The van der Waals surface area contributed by atoms with E-state index in [1.807, 2.05) is 26.0 Å². The average molecular weight is 309 g/mol. The molecule has 0 saturated carbocycles. The van der Waals surface area contributed by atoms with Gasteiger partial charge in [0.1, 0.15) is 0 Å². The van der Waals surface area contributed by atoms with Gasteiger partial charge in [0.15, 0.2) is 5.82 Å². The van der Waals surface area contributed by atoms with Crippen molar-refractivity contribution < 1.29 is 4.52 Å². The lowest BCUT2D eigenvalue weighted by Gasteiger charge is -2.30. The predicted octanol–water partition coefficient (Wildman–Crippen LogP) is 3.15. The molecule has 1 aromatic heterocycles.